The molecule has 0 aliphatic heterocycles. The first-order valence-corrected chi connectivity index (χ1v) is 6.50. The van der Waals surface area contributed by atoms with Crippen LogP contribution >= 0.6 is 0 Å². The molecule has 0 radical (unpaired) electrons. The van der Waals surface area contributed by atoms with E-state index in [-0.39, 0.29) is 11.4 Å². The highest BCUT2D eigenvalue weighted by Crippen LogP contribution is 2.24. The number of hydrogen-bond donors (Lipinski definition) is 0. The summed E-state index contributed by atoms with van der Waals surface area (Å²) >= 11 is 0. The zero-order chi connectivity index (χ0) is 15.4. The van der Waals surface area contributed by atoms with Crippen LogP contribution < -0.4 is 0 Å². The lowest BCUT2D eigenvalue weighted by Crippen LogP contribution is -1.96. The summed E-state index contributed by atoms with van der Waals surface area (Å²) in [5.41, 5.74) is 2.19. The largest absolute Gasteiger partial charge is 0.276 e. The van der Waals surface area contributed by atoms with E-state index in [9.17, 15) is 20.2 Å². The van der Waals surface area contributed by atoms with Crippen molar-refractivity contribution in [2.75, 3.05) is 0 Å². The summed E-state index contributed by atoms with van der Waals surface area (Å²) in [7, 11) is 0. The molecule has 6 heteroatoms. The van der Waals surface area contributed by atoms with Gasteiger partial charge in [0.1, 0.15) is 0 Å². The smallest absolute Gasteiger partial charge is 0.258 e. The number of rotatable bonds is 5. The summed E-state index contributed by atoms with van der Waals surface area (Å²) in [5, 5.41) is 21.7. The first kappa shape index (κ1) is 14.6. The molecule has 0 unspecified atom stereocenters. The number of benzene rings is 2. The van der Waals surface area contributed by atoms with E-state index < -0.39 is 9.85 Å². The van der Waals surface area contributed by atoms with E-state index in [1.807, 2.05) is 24.3 Å². The first-order valence-electron chi connectivity index (χ1n) is 6.50. The quantitative estimate of drug-likeness (QED) is 0.620. The van der Waals surface area contributed by atoms with Crippen LogP contribution in [0, 0.1) is 20.2 Å². The van der Waals surface area contributed by atoms with Crippen molar-refractivity contribution in [3.63, 3.8) is 0 Å². The molecule has 2 aromatic carbocycles. The van der Waals surface area contributed by atoms with Crippen LogP contribution in [0.2, 0.25) is 0 Å². The minimum Gasteiger partial charge on any atom is -0.258 e. The molecule has 0 heterocycles. The van der Waals surface area contributed by atoms with Gasteiger partial charge in [0.15, 0.2) is 0 Å². The van der Waals surface area contributed by atoms with Gasteiger partial charge >= 0.3 is 0 Å². The predicted octanol–water partition coefficient (Wildman–Crippen LogP) is 3.66. The van der Waals surface area contributed by atoms with Gasteiger partial charge in [0.2, 0.25) is 0 Å². The molecule has 0 bridgehead atoms. The lowest BCUT2D eigenvalue weighted by molar-refractivity contribution is -0.394. The van der Waals surface area contributed by atoms with Gasteiger partial charge in [-0.3, -0.25) is 20.2 Å². The number of non-ortho nitro benzene ring substituents is 2. The van der Waals surface area contributed by atoms with Crippen LogP contribution in [0.3, 0.4) is 0 Å². The Labute approximate surface area is 121 Å². The number of nitrogens with zero attached hydrogens (tertiary/aromatic N) is 2. The molecule has 0 fully saturated rings. The van der Waals surface area contributed by atoms with Gasteiger partial charge in [0, 0.05) is 12.1 Å². The Bertz CT molecular complexity index is 648. The fourth-order valence-corrected chi connectivity index (χ4v) is 2.10. The van der Waals surface area contributed by atoms with E-state index in [2.05, 4.69) is 6.92 Å². The second kappa shape index (κ2) is 6.13. The summed E-state index contributed by atoms with van der Waals surface area (Å²) in [4.78, 5) is 20.5. The average Bonchev–Trinajstić information content (AvgIpc) is 2.47. The summed E-state index contributed by atoms with van der Waals surface area (Å²) in [6.45, 7) is 2.05. The maximum atomic E-state index is 10.8. The van der Waals surface area contributed by atoms with Gasteiger partial charge in [-0.15, -0.1) is 0 Å². The Morgan fingerprint density at radius 2 is 1.29 bits per heavy atom. The molecule has 0 amide bonds. The Morgan fingerprint density at radius 1 is 0.810 bits per heavy atom. The Kier molecular flexibility index (Phi) is 4.27. The van der Waals surface area contributed by atoms with Crippen LogP contribution in [0.25, 0.3) is 0 Å². The molecule has 2 rings (SSSR count). The van der Waals surface area contributed by atoms with Crippen molar-refractivity contribution >= 4 is 11.4 Å². The molecule has 21 heavy (non-hydrogen) atoms. The molecule has 0 atom stereocenters. The summed E-state index contributed by atoms with van der Waals surface area (Å²) in [6, 6.07) is 11.6. The molecule has 0 aromatic heterocycles. The molecule has 6 nitrogen and oxygen atoms in total. The van der Waals surface area contributed by atoms with E-state index in [0.29, 0.717) is 12.0 Å². The Hall–Kier alpha value is -2.76. The van der Waals surface area contributed by atoms with Crippen molar-refractivity contribution in [2.24, 2.45) is 0 Å². The van der Waals surface area contributed by atoms with E-state index in [0.717, 1.165) is 18.1 Å². The van der Waals surface area contributed by atoms with Crippen molar-refractivity contribution in [2.45, 2.75) is 19.8 Å². The zero-order valence-electron chi connectivity index (χ0n) is 11.5. The van der Waals surface area contributed by atoms with Crippen molar-refractivity contribution in [1.29, 1.82) is 0 Å². The molecule has 0 spiro atoms. The van der Waals surface area contributed by atoms with Gasteiger partial charge in [0.25, 0.3) is 11.4 Å². The van der Waals surface area contributed by atoms with Gasteiger partial charge in [-0.1, -0.05) is 31.2 Å². The van der Waals surface area contributed by atoms with E-state index >= 15 is 0 Å². The van der Waals surface area contributed by atoms with E-state index in [4.69, 9.17) is 0 Å². The molecule has 108 valence electrons. The third kappa shape index (κ3) is 3.62. The third-order valence-electron chi connectivity index (χ3n) is 3.22. The topological polar surface area (TPSA) is 86.3 Å². The van der Waals surface area contributed by atoms with Crippen molar-refractivity contribution < 1.29 is 9.85 Å². The summed E-state index contributed by atoms with van der Waals surface area (Å²) in [5.74, 6) is 0. The number of nitro groups is 2. The van der Waals surface area contributed by atoms with E-state index in [1.165, 1.54) is 17.7 Å². The molecule has 0 saturated heterocycles. The van der Waals surface area contributed by atoms with Crippen LogP contribution in [-0.4, -0.2) is 9.85 Å². The van der Waals surface area contributed by atoms with Crippen LogP contribution in [0.4, 0.5) is 11.4 Å². The fourth-order valence-electron chi connectivity index (χ4n) is 2.10. The summed E-state index contributed by atoms with van der Waals surface area (Å²) < 4.78 is 0. The number of nitro benzene ring substituents is 2. The molecule has 0 aliphatic carbocycles. The highest BCUT2D eigenvalue weighted by Gasteiger charge is 2.16. The minimum absolute atomic E-state index is 0.260. The molecular weight excluding hydrogens is 272 g/mol. The van der Waals surface area contributed by atoms with Gasteiger partial charge in [0.05, 0.1) is 15.9 Å². The first-order chi connectivity index (χ1) is 9.99. The highest BCUT2D eigenvalue weighted by molar-refractivity contribution is 5.48. The van der Waals surface area contributed by atoms with Crippen LogP contribution in [0.5, 0.6) is 0 Å². The Balaban J connectivity index is 2.33. The normalized spacial score (nSPS) is 10.3. The Morgan fingerprint density at radius 3 is 1.71 bits per heavy atom. The third-order valence-corrected chi connectivity index (χ3v) is 3.22. The van der Waals surface area contributed by atoms with Gasteiger partial charge in [-0.25, -0.2) is 0 Å². The standard InChI is InChI=1S/C15H14N2O4/c1-2-11-3-5-12(6-4-11)7-13-8-14(16(18)19)10-15(9-13)17(20)21/h3-6,8-10H,2,7H2,1H3. The molecular formula is C15H14N2O4. The summed E-state index contributed by atoms with van der Waals surface area (Å²) in [6.07, 6.45) is 1.36. The lowest BCUT2D eigenvalue weighted by Gasteiger charge is -2.04. The second-order valence-corrected chi connectivity index (χ2v) is 4.72. The van der Waals surface area contributed by atoms with Gasteiger partial charge < -0.3 is 0 Å². The van der Waals surface area contributed by atoms with Gasteiger partial charge in [-0.05, 0) is 29.5 Å². The second-order valence-electron chi connectivity index (χ2n) is 4.72. The minimum atomic E-state index is -0.614. The monoisotopic (exact) mass is 286 g/mol. The number of aryl methyl sites for hydroxylation is 1. The zero-order valence-corrected chi connectivity index (χ0v) is 11.5. The maximum Gasteiger partial charge on any atom is 0.276 e. The molecule has 0 saturated carbocycles. The van der Waals surface area contributed by atoms with Crippen LogP contribution in [-0.2, 0) is 12.8 Å². The van der Waals surface area contributed by atoms with Crippen LogP contribution in [0.1, 0.15) is 23.6 Å². The highest BCUT2D eigenvalue weighted by atomic mass is 16.6. The maximum absolute atomic E-state index is 10.8. The average molecular weight is 286 g/mol. The molecule has 2 aromatic rings. The fraction of sp³-hybridized carbons (Fsp3) is 0.200. The van der Waals surface area contributed by atoms with Crippen molar-refractivity contribution in [1.82, 2.24) is 0 Å². The predicted molar refractivity (Wildman–Crippen MR) is 78.4 cm³/mol. The van der Waals surface area contributed by atoms with Crippen molar-refractivity contribution in [3.05, 3.63) is 79.4 Å². The van der Waals surface area contributed by atoms with Gasteiger partial charge in [-0.2, -0.15) is 0 Å². The van der Waals surface area contributed by atoms with E-state index in [1.54, 1.807) is 0 Å². The lowest BCUT2D eigenvalue weighted by atomic mass is 10.0. The SMILES string of the molecule is CCc1ccc(Cc2cc([N+](=O)[O-])cc([N+](=O)[O-])c2)cc1. The molecule has 0 N–H and O–H groups in total. The van der Waals surface area contributed by atoms with Crippen LogP contribution in [0.15, 0.2) is 42.5 Å². The molecule has 0 aliphatic rings. The number of hydrogen-bond acceptors (Lipinski definition) is 4. The van der Waals surface area contributed by atoms with Crippen molar-refractivity contribution in [3.8, 4) is 0 Å².